The minimum atomic E-state index is -4.03. The Morgan fingerprint density at radius 3 is 2.63 bits per heavy atom. The van der Waals surface area contributed by atoms with Gasteiger partial charge in [-0.15, -0.1) is 0 Å². The van der Waals surface area contributed by atoms with Gasteiger partial charge in [-0.2, -0.15) is 4.72 Å². The number of nitrogens with zero attached hydrogens (tertiary/aromatic N) is 1. The van der Waals surface area contributed by atoms with Crippen LogP contribution >= 0.6 is 0 Å². The maximum absolute atomic E-state index is 11.8. The molecule has 1 atom stereocenters. The number of carbonyl (C=O) groups excluding carboxylic acids is 1. The SMILES string of the molecule is Cc1ncc(S(=O)(=O)NC(CCC(N)=O)C(=O)O)[nH]1. The second-order valence-electron chi connectivity index (χ2n) is 3.85. The van der Waals surface area contributed by atoms with Gasteiger partial charge < -0.3 is 15.8 Å². The van der Waals surface area contributed by atoms with Crippen LogP contribution in [0.5, 0.6) is 0 Å². The highest BCUT2D eigenvalue weighted by Crippen LogP contribution is 2.08. The fourth-order valence-corrected chi connectivity index (χ4v) is 2.50. The average Bonchev–Trinajstić information content (AvgIpc) is 2.71. The van der Waals surface area contributed by atoms with Crippen molar-refractivity contribution in [2.24, 2.45) is 5.73 Å². The number of nitrogens with one attached hydrogen (secondary N) is 2. The van der Waals surface area contributed by atoms with Gasteiger partial charge in [0.15, 0.2) is 5.03 Å². The van der Waals surface area contributed by atoms with Crippen molar-refractivity contribution in [1.29, 1.82) is 0 Å². The number of hydrogen-bond acceptors (Lipinski definition) is 5. The summed E-state index contributed by atoms with van der Waals surface area (Å²) in [5.74, 6) is -1.71. The van der Waals surface area contributed by atoms with Gasteiger partial charge in [0, 0.05) is 6.42 Å². The van der Waals surface area contributed by atoms with Crippen molar-refractivity contribution < 1.29 is 23.1 Å². The summed E-state index contributed by atoms with van der Waals surface area (Å²) < 4.78 is 25.7. The maximum atomic E-state index is 11.8. The molecule has 0 radical (unpaired) electrons. The second-order valence-corrected chi connectivity index (χ2v) is 5.53. The number of sulfonamides is 1. The van der Waals surface area contributed by atoms with Crippen molar-refractivity contribution in [3.8, 4) is 0 Å². The van der Waals surface area contributed by atoms with E-state index in [1.807, 2.05) is 4.72 Å². The number of aromatic amines is 1. The molecule has 0 aromatic carbocycles. The number of H-pyrrole nitrogens is 1. The van der Waals surface area contributed by atoms with Crippen LogP contribution in [-0.4, -0.2) is 41.4 Å². The topological polar surface area (TPSA) is 155 Å². The Kier molecular flexibility index (Phi) is 4.62. The summed E-state index contributed by atoms with van der Waals surface area (Å²) in [5, 5.41) is 8.66. The number of carbonyl (C=O) groups is 2. The quantitative estimate of drug-likeness (QED) is 0.490. The van der Waals surface area contributed by atoms with E-state index in [2.05, 4.69) is 9.97 Å². The zero-order valence-corrected chi connectivity index (χ0v) is 10.9. The summed E-state index contributed by atoms with van der Waals surface area (Å²) in [6, 6.07) is -1.43. The van der Waals surface area contributed by atoms with Crippen molar-refractivity contribution in [3.63, 3.8) is 0 Å². The molecule has 5 N–H and O–H groups in total. The number of imidazole rings is 1. The Labute approximate surface area is 109 Å². The Morgan fingerprint density at radius 2 is 2.21 bits per heavy atom. The molecule has 9 nitrogen and oxygen atoms in total. The Bertz CT molecular complexity index is 579. The van der Waals surface area contributed by atoms with Crippen LogP contribution in [0.15, 0.2) is 11.2 Å². The van der Waals surface area contributed by atoms with E-state index >= 15 is 0 Å². The number of carboxylic acids is 1. The van der Waals surface area contributed by atoms with Gasteiger partial charge in [-0.3, -0.25) is 9.59 Å². The number of amides is 1. The van der Waals surface area contributed by atoms with Crippen LogP contribution in [-0.2, 0) is 19.6 Å². The molecule has 0 spiro atoms. The zero-order chi connectivity index (χ0) is 14.6. The lowest BCUT2D eigenvalue weighted by molar-refractivity contribution is -0.139. The number of rotatable bonds is 7. The molecule has 1 aromatic rings. The number of primary amides is 1. The minimum Gasteiger partial charge on any atom is -0.480 e. The van der Waals surface area contributed by atoms with Gasteiger partial charge in [0.2, 0.25) is 5.91 Å². The molecule has 0 aliphatic carbocycles. The molecular formula is C9H14N4O5S. The van der Waals surface area contributed by atoms with Gasteiger partial charge in [0.1, 0.15) is 11.9 Å². The van der Waals surface area contributed by atoms with Crippen LogP contribution in [0.3, 0.4) is 0 Å². The molecule has 1 unspecified atom stereocenters. The molecule has 1 rings (SSSR count). The van der Waals surface area contributed by atoms with E-state index in [-0.39, 0.29) is 17.9 Å². The van der Waals surface area contributed by atoms with Crippen LogP contribution in [0.2, 0.25) is 0 Å². The van der Waals surface area contributed by atoms with E-state index in [4.69, 9.17) is 10.8 Å². The molecule has 0 aliphatic rings. The van der Waals surface area contributed by atoms with Gasteiger partial charge in [-0.25, -0.2) is 13.4 Å². The highest BCUT2D eigenvalue weighted by atomic mass is 32.2. The first-order valence-corrected chi connectivity index (χ1v) is 6.75. The van der Waals surface area contributed by atoms with Crippen LogP contribution in [0, 0.1) is 6.92 Å². The Morgan fingerprint density at radius 1 is 1.58 bits per heavy atom. The molecule has 1 aromatic heterocycles. The first-order chi connectivity index (χ1) is 8.72. The summed E-state index contributed by atoms with van der Waals surface area (Å²) in [7, 11) is -4.03. The van der Waals surface area contributed by atoms with Gasteiger partial charge in [0.05, 0.1) is 6.20 Å². The first kappa shape index (κ1) is 15.1. The number of aryl methyl sites for hydroxylation is 1. The van der Waals surface area contributed by atoms with Gasteiger partial charge in [0.25, 0.3) is 10.0 Å². The molecule has 0 saturated carbocycles. The van der Waals surface area contributed by atoms with E-state index in [1.54, 1.807) is 6.92 Å². The van der Waals surface area contributed by atoms with Crippen molar-refractivity contribution >= 4 is 21.9 Å². The van der Waals surface area contributed by atoms with E-state index in [0.29, 0.717) is 5.82 Å². The summed E-state index contributed by atoms with van der Waals surface area (Å²) in [6.07, 6.45) is 0.614. The first-order valence-electron chi connectivity index (χ1n) is 5.27. The number of carboxylic acid groups (broad SMARTS) is 1. The summed E-state index contributed by atoms with van der Waals surface area (Å²) in [6.45, 7) is 1.56. The smallest absolute Gasteiger partial charge is 0.321 e. The normalized spacial score (nSPS) is 13.1. The van der Waals surface area contributed by atoms with Gasteiger partial charge in [-0.05, 0) is 13.3 Å². The van der Waals surface area contributed by atoms with E-state index < -0.39 is 27.9 Å². The lowest BCUT2D eigenvalue weighted by Gasteiger charge is -2.12. The molecule has 0 saturated heterocycles. The lowest BCUT2D eigenvalue weighted by atomic mass is 10.2. The molecular weight excluding hydrogens is 276 g/mol. The van der Waals surface area contributed by atoms with Gasteiger partial charge >= 0.3 is 5.97 Å². The summed E-state index contributed by atoms with van der Waals surface area (Å²) in [5.41, 5.74) is 4.89. The monoisotopic (exact) mass is 290 g/mol. The lowest BCUT2D eigenvalue weighted by Crippen LogP contribution is -2.41. The van der Waals surface area contributed by atoms with Crippen LogP contribution in [0.25, 0.3) is 0 Å². The third kappa shape index (κ3) is 4.34. The van der Waals surface area contributed by atoms with E-state index in [9.17, 15) is 18.0 Å². The number of aliphatic carboxylic acids is 1. The predicted octanol–water partition coefficient (Wildman–Crippen LogP) is -1.28. The van der Waals surface area contributed by atoms with E-state index in [1.165, 1.54) is 0 Å². The molecule has 0 bridgehead atoms. The van der Waals surface area contributed by atoms with Crippen LogP contribution in [0.4, 0.5) is 0 Å². The van der Waals surface area contributed by atoms with Gasteiger partial charge in [-0.1, -0.05) is 0 Å². The summed E-state index contributed by atoms with van der Waals surface area (Å²) in [4.78, 5) is 27.7. The molecule has 0 fully saturated rings. The molecule has 1 heterocycles. The standard InChI is InChI=1S/C9H14N4O5S/c1-5-11-4-8(12-5)19(17,18)13-6(9(15)16)2-3-7(10)14/h4,6,13H,2-3H2,1H3,(H2,10,14)(H,11,12)(H,15,16). The highest BCUT2D eigenvalue weighted by molar-refractivity contribution is 7.89. The summed E-state index contributed by atoms with van der Waals surface area (Å²) >= 11 is 0. The third-order valence-corrected chi connectivity index (χ3v) is 3.63. The zero-order valence-electron chi connectivity index (χ0n) is 10.1. The fourth-order valence-electron chi connectivity index (χ4n) is 1.31. The number of nitrogens with two attached hydrogens (primary N) is 1. The molecule has 19 heavy (non-hydrogen) atoms. The fraction of sp³-hybridized carbons (Fsp3) is 0.444. The highest BCUT2D eigenvalue weighted by Gasteiger charge is 2.26. The predicted molar refractivity (Wildman–Crippen MR) is 63.5 cm³/mol. The third-order valence-electron chi connectivity index (χ3n) is 2.24. The molecule has 10 heteroatoms. The van der Waals surface area contributed by atoms with Crippen LogP contribution < -0.4 is 10.5 Å². The van der Waals surface area contributed by atoms with Crippen molar-refractivity contribution in [2.45, 2.75) is 30.8 Å². The van der Waals surface area contributed by atoms with E-state index in [0.717, 1.165) is 6.20 Å². The molecule has 1 amide bonds. The van der Waals surface area contributed by atoms with Crippen molar-refractivity contribution in [2.75, 3.05) is 0 Å². The minimum absolute atomic E-state index is 0.225. The Balaban J connectivity index is 2.84. The second kappa shape index (κ2) is 5.80. The van der Waals surface area contributed by atoms with Crippen molar-refractivity contribution in [3.05, 3.63) is 12.0 Å². The number of aromatic nitrogens is 2. The largest absolute Gasteiger partial charge is 0.480 e. The van der Waals surface area contributed by atoms with Crippen molar-refractivity contribution in [1.82, 2.24) is 14.7 Å². The molecule has 106 valence electrons. The maximum Gasteiger partial charge on any atom is 0.321 e. The number of hydrogen-bond donors (Lipinski definition) is 4. The average molecular weight is 290 g/mol. The van der Waals surface area contributed by atoms with Crippen LogP contribution in [0.1, 0.15) is 18.7 Å². The Hall–Kier alpha value is -1.94. The molecule has 0 aliphatic heterocycles.